The lowest BCUT2D eigenvalue weighted by Crippen LogP contribution is -2.29. The SMILES string of the molecule is CS(=O)(=O)CCNC(=O)c1cc(F)cc(N)c1F. The highest BCUT2D eigenvalue weighted by molar-refractivity contribution is 7.90. The molecule has 0 aliphatic carbocycles. The van der Waals surface area contributed by atoms with E-state index >= 15 is 0 Å². The van der Waals surface area contributed by atoms with Crippen molar-refractivity contribution in [1.82, 2.24) is 5.32 Å². The van der Waals surface area contributed by atoms with E-state index in [4.69, 9.17) is 5.73 Å². The number of halogens is 2. The molecule has 1 amide bonds. The quantitative estimate of drug-likeness (QED) is 0.776. The molecule has 0 spiro atoms. The lowest BCUT2D eigenvalue weighted by molar-refractivity contribution is 0.0951. The molecule has 0 unspecified atom stereocenters. The number of hydrogen-bond donors (Lipinski definition) is 2. The van der Waals surface area contributed by atoms with Crippen LogP contribution < -0.4 is 11.1 Å². The Labute approximate surface area is 103 Å². The highest BCUT2D eigenvalue weighted by Gasteiger charge is 2.16. The van der Waals surface area contributed by atoms with Gasteiger partial charge in [-0.05, 0) is 12.1 Å². The van der Waals surface area contributed by atoms with Crippen molar-refractivity contribution in [3.8, 4) is 0 Å². The number of sulfone groups is 1. The zero-order chi connectivity index (χ0) is 13.9. The van der Waals surface area contributed by atoms with Crippen molar-refractivity contribution >= 4 is 21.4 Å². The summed E-state index contributed by atoms with van der Waals surface area (Å²) in [7, 11) is -3.24. The van der Waals surface area contributed by atoms with Gasteiger partial charge in [-0.1, -0.05) is 0 Å². The van der Waals surface area contributed by atoms with Crippen molar-refractivity contribution in [1.29, 1.82) is 0 Å². The summed E-state index contributed by atoms with van der Waals surface area (Å²) in [6, 6.07) is 1.45. The topological polar surface area (TPSA) is 89.3 Å². The van der Waals surface area contributed by atoms with Gasteiger partial charge in [0.15, 0.2) is 5.82 Å². The number of nitrogen functional groups attached to an aromatic ring is 1. The molecule has 8 heteroatoms. The molecule has 3 N–H and O–H groups in total. The zero-order valence-corrected chi connectivity index (χ0v) is 10.4. The molecule has 0 aliphatic rings. The Morgan fingerprint density at radius 2 is 2.00 bits per heavy atom. The van der Waals surface area contributed by atoms with Crippen molar-refractivity contribution < 1.29 is 22.0 Å². The Balaban J connectivity index is 2.79. The van der Waals surface area contributed by atoms with E-state index in [0.717, 1.165) is 12.3 Å². The number of anilines is 1. The second kappa shape index (κ2) is 5.30. The van der Waals surface area contributed by atoms with Crippen molar-refractivity contribution in [3.63, 3.8) is 0 Å². The third kappa shape index (κ3) is 3.95. The van der Waals surface area contributed by atoms with Gasteiger partial charge in [0, 0.05) is 12.8 Å². The van der Waals surface area contributed by atoms with E-state index in [1.165, 1.54) is 0 Å². The number of amides is 1. The lowest BCUT2D eigenvalue weighted by atomic mass is 10.1. The molecule has 0 bridgehead atoms. The van der Waals surface area contributed by atoms with Crippen molar-refractivity contribution in [2.24, 2.45) is 0 Å². The molecule has 0 radical (unpaired) electrons. The van der Waals surface area contributed by atoms with Gasteiger partial charge in [0.25, 0.3) is 5.91 Å². The average molecular weight is 278 g/mol. The molecule has 1 aromatic carbocycles. The van der Waals surface area contributed by atoms with Gasteiger partial charge < -0.3 is 11.1 Å². The van der Waals surface area contributed by atoms with Gasteiger partial charge in [-0.15, -0.1) is 0 Å². The maximum absolute atomic E-state index is 13.4. The maximum Gasteiger partial charge on any atom is 0.254 e. The fourth-order valence-corrected chi connectivity index (χ4v) is 1.69. The van der Waals surface area contributed by atoms with E-state index in [2.05, 4.69) is 5.32 Å². The van der Waals surface area contributed by atoms with Crippen LogP contribution in [0.3, 0.4) is 0 Å². The summed E-state index contributed by atoms with van der Waals surface area (Å²) in [4.78, 5) is 11.5. The van der Waals surface area contributed by atoms with Crippen molar-refractivity contribution in [3.05, 3.63) is 29.3 Å². The summed E-state index contributed by atoms with van der Waals surface area (Å²) in [5, 5.41) is 2.17. The predicted molar refractivity (Wildman–Crippen MR) is 62.8 cm³/mol. The third-order valence-corrected chi connectivity index (χ3v) is 3.01. The third-order valence-electron chi connectivity index (χ3n) is 2.07. The maximum atomic E-state index is 13.4. The van der Waals surface area contributed by atoms with E-state index in [1.807, 2.05) is 0 Å². The van der Waals surface area contributed by atoms with E-state index in [1.54, 1.807) is 0 Å². The van der Waals surface area contributed by atoms with Crippen LogP contribution in [0.1, 0.15) is 10.4 Å². The van der Waals surface area contributed by atoms with Gasteiger partial charge in [-0.2, -0.15) is 0 Å². The van der Waals surface area contributed by atoms with Crippen LogP contribution in [0.2, 0.25) is 0 Å². The number of rotatable bonds is 4. The number of benzene rings is 1. The molecule has 0 fully saturated rings. The van der Waals surface area contributed by atoms with E-state index in [-0.39, 0.29) is 12.3 Å². The first-order chi connectivity index (χ1) is 8.20. The van der Waals surface area contributed by atoms with Gasteiger partial charge in [-0.25, -0.2) is 17.2 Å². The predicted octanol–water partition coefficient (Wildman–Crippen LogP) is 0.321. The van der Waals surface area contributed by atoms with Crippen LogP contribution in [0.15, 0.2) is 12.1 Å². The van der Waals surface area contributed by atoms with Crippen molar-refractivity contribution in [2.45, 2.75) is 0 Å². The van der Waals surface area contributed by atoms with Crippen LogP contribution in [0.25, 0.3) is 0 Å². The Hall–Kier alpha value is -1.70. The van der Waals surface area contributed by atoms with Crippen LogP contribution in [-0.2, 0) is 9.84 Å². The molecule has 0 saturated carbocycles. The highest BCUT2D eigenvalue weighted by atomic mass is 32.2. The first kappa shape index (κ1) is 14.4. The summed E-state index contributed by atoms with van der Waals surface area (Å²) < 4.78 is 48.0. The number of nitrogens with one attached hydrogen (secondary N) is 1. The van der Waals surface area contributed by atoms with Crippen LogP contribution in [0, 0.1) is 11.6 Å². The standard InChI is InChI=1S/C10H12F2N2O3S/c1-18(16,17)3-2-14-10(15)7-4-6(11)5-8(13)9(7)12/h4-5H,2-3,13H2,1H3,(H,14,15). The van der Waals surface area contributed by atoms with Crippen molar-refractivity contribution in [2.75, 3.05) is 24.3 Å². The van der Waals surface area contributed by atoms with E-state index < -0.39 is 38.6 Å². The minimum atomic E-state index is -3.24. The Kier molecular flexibility index (Phi) is 4.23. The first-order valence-corrected chi connectivity index (χ1v) is 6.97. The molecule has 1 rings (SSSR count). The summed E-state index contributed by atoms with van der Waals surface area (Å²) in [6.07, 6.45) is 1.000. The molecule has 0 atom stereocenters. The van der Waals surface area contributed by atoms with Gasteiger partial charge >= 0.3 is 0 Å². The molecule has 1 aromatic rings. The van der Waals surface area contributed by atoms with E-state index in [0.29, 0.717) is 6.07 Å². The number of carbonyl (C=O) groups excluding carboxylic acids is 1. The minimum Gasteiger partial charge on any atom is -0.396 e. The summed E-state index contributed by atoms with van der Waals surface area (Å²) in [5.74, 6) is -3.08. The second-order valence-electron chi connectivity index (χ2n) is 3.74. The number of carbonyl (C=O) groups is 1. The van der Waals surface area contributed by atoms with Gasteiger partial charge in [0.05, 0.1) is 17.0 Å². The second-order valence-corrected chi connectivity index (χ2v) is 6.00. The lowest BCUT2D eigenvalue weighted by Gasteiger charge is -2.07. The summed E-state index contributed by atoms with van der Waals surface area (Å²) in [6.45, 7) is -0.187. The Bertz CT molecular complexity index is 573. The number of nitrogens with two attached hydrogens (primary N) is 1. The highest BCUT2D eigenvalue weighted by Crippen LogP contribution is 2.17. The van der Waals surface area contributed by atoms with Crippen LogP contribution in [0.4, 0.5) is 14.5 Å². The van der Waals surface area contributed by atoms with Crippen LogP contribution >= 0.6 is 0 Å². The monoisotopic (exact) mass is 278 g/mol. The Morgan fingerprint density at radius 3 is 2.56 bits per heavy atom. The van der Waals surface area contributed by atoms with E-state index in [9.17, 15) is 22.0 Å². The minimum absolute atomic E-state index is 0.187. The largest absolute Gasteiger partial charge is 0.396 e. The average Bonchev–Trinajstić information content (AvgIpc) is 2.21. The molecule has 18 heavy (non-hydrogen) atoms. The summed E-state index contributed by atoms with van der Waals surface area (Å²) in [5.41, 5.74) is 4.13. The molecule has 0 aromatic heterocycles. The number of hydrogen-bond acceptors (Lipinski definition) is 4. The fraction of sp³-hybridized carbons (Fsp3) is 0.300. The molecular formula is C10H12F2N2O3S. The van der Waals surface area contributed by atoms with Crippen LogP contribution in [0.5, 0.6) is 0 Å². The molecule has 0 aliphatic heterocycles. The smallest absolute Gasteiger partial charge is 0.254 e. The first-order valence-electron chi connectivity index (χ1n) is 4.91. The Morgan fingerprint density at radius 1 is 1.39 bits per heavy atom. The molecular weight excluding hydrogens is 266 g/mol. The fourth-order valence-electron chi connectivity index (χ4n) is 1.22. The van der Waals surface area contributed by atoms with Crippen LogP contribution in [-0.4, -0.2) is 32.9 Å². The molecule has 5 nitrogen and oxygen atoms in total. The molecule has 100 valence electrons. The van der Waals surface area contributed by atoms with Gasteiger partial charge in [0.2, 0.25) is 0 Å². The van der Waals surface area contributed by atoms with Gasteiger partial charge in [-0.3, -0.25) is 4.79 Å². The normalized spacial score (nSPS) is 11.3. The summed E-state index contributed by atoms with van der Waals surface area (Å²) >= 11 is 0. The molecule has 0 heterocycles. The molecule has 0 saturated heterocycles. The zero-order valence-electron chi connectivity index (χ0n) is 9.54. The van der Waals surface area contributed by atoms with Gasteiger partial charge in [0.1, 0.15) is 15.7 Å².